The first-order valence-electron chi connectivity index (χ1n) is 4.49. The Kier molecular flexibility index (Phi) is 2.74. The Morgan fingerprint density at radius 2 is 2.31 bits per heavy atom. The zero-order chi connectivity index (χ0) is 9.59. The zero-order valence-corrected chi connectivity index (χ0v) is 10.8. The van der Waals surface area contributed by atoms with Gasteiger partial charge in [-0.05, 0) is 52.7 Å². The van der Waals surface area contributed by atoms with Crippen molar-refractivity contribution in [1.82, 2.24) is 0 Å². The Hall–Kier alpha value is 0.470. The van der Waals surface area contributed by atoms with E-state index in [1.54, 1.807) is 11.3 Å². The molecule has 2 rings (SSSR count). The van der Waals surface area contributed by atoms with Crippen LogP contribution in [0.25, 0.3) is 0 Å². The molecule has 0 spiro atoms. The van der Waals surface area contributed by atoms with Gasteiger partial charge in [-0.1, -0.05) is 6.92 Å². The van der Waals surface area contributed by atoms with E-state index in [4.69, 9.17) is 11.6 Å². The Morgan fingerprint density at radius 3 is 2.69 bits per heavy atom. The Bertz CT molecular complexity index is 321. The molecule has 1 aromatic rings. The molecule has 0 aliphatic heterocycles. The Balaban J connectivity index is 2.19. The lowest BCUT2D eigenvalue weighted by Crippen LogP contribution is -1.93. The molecule has 0 saturated heterocycles. The monoisotopic (exact) mass is 278 g/mol. The highest BCUT2D eigenvalue weighted by molar-refractivity contribution is 9.11. The molecule has 72 valence electrons. The molecule has 3 heteroatoms. The van der Waals surface area contributed by atoms with Gasteiger partial charge < -0.3 is 0 Å². The fourth-order valence-electron chi connectivity index (χ4n) is 1.72. The van der Waals surface area contributed by atoms with Gasteiger partial charge in [-0.15, -0.1) is 22.9 Å². The van der Waals surface area contributed by atoms with E-state index in [0.717, 1.165) is 5.92 Å². The summed E-state index contributed by atoms with van der Waals surface area (Å²) < 4.78 is 1.19. The summed E-state index contributed by atoms with van der Waals surface area (Å²) in [5.41, 5.74) is 1.33. The number of halogens is 2. The van der Waals surface area contributed by atoms with Crippen LogP contribution in [0.2, 0.25) is 0 Å². The van der Waals surface area contributed by atoms with Crippen LogP contribution in [-0.4, -0.2) is 0 Å². The Labute approximate surface area is 96.4 Å². The predicted molar refractivity (Wildman–Crippen MR) is 62.6 cm³/mol. The van der Waals surface area contributed by atoms with Crippen molar-refractivity contribution in [1.29, 1.82) is 0 Å². The molecular formula is C10H12BrClS. The van der Waals surface area contributed by atoms with Crippen molar-refractivity contribution < 1.29 is 0 Å². The molecule has 3 atom stereocenters. The standard InChI is InChI=1S/C10H12BrClS/c1-5-3-7(5)10(12)8-4-9(11)13-6(8)2/h4-5,7,10H,3H2,1-2H3. The van der Waals surface area contributed by atoms with Gasteiger partial charge in [-0.2, -0.15) is 0 Å². The summed E-state index contributed by atoms with van der Waals surface area (Å²) in [5, 5.41) is 0.234. The van der Waals surface area contributed by atoms with Gasteiger partial charge in [-0.3, -0.25) is 0 Å². The van der Waals surface area contributed by atoms with Gasteiger partial charge in [0.25, 0.3) is 0 Å². The van der Waals surface area contributed by atoms with Gasteiger partial charge >= 0.3 is 0 Å². The number of aryl methyl sites for hydroxylation is 1. The van der Waals surface area contributed by atoms with Gasteiger partial charge in [-0.25, -0.2) is 0 Å². The van der Waals surface area contributed by atoms with E-state index in [1.807, 2.05) is 0 Å². The van der Waals surface area contributed by atoms with Crippen molar-refractivity contribution in [2.45, 2.75) is 25.6 Å². The highest BCUT2D eigenvalue weighted by atomic mass is 79.9. The van der Waals surface area contributed by atoms with E-state index in [1.165, 1.54) is 20.6 Å². The van der Waals surface area contributed by atoms with Crippen LogP contribution in [0.5, 0.6) is 0 Å². The molecule has 1 aromatic heterocycles. The van der Waals surface area contributed by atoms with Gasteiger partial charge in [0.1, 0.15) is 0 Å². The lowest BCUT2D eigenvalue weighted by Gasteiger charge is -2.07. The molecule has 0 bridgehead atoms. The van der Waals surface area contributed by atoms with Crippen molar-refractivity contribution >= 4 is 38.9 Å². The summed E-state index contributed by atoms with van der Waals surface area (Å²) in [4.78, 5) is 1.35. The second kappa shape index (κ2) is 3.56. The maximum absolute atomic E-state index is 6.40. The third-order valence-corrected chi connectivity index (χ3v) is 4.90. The van der Waals surface area contributed by atoms with E-state index >= 15 is 0 Å². The van der Waals surface area contributed by atoms with E-state index in [-0.39, 0.29) is 5.38 Å². The smallest absolute Gasteiger partial charge is 0.0704 e. The maximum atomic E-state index is 6.40. The second-order valence-corrected chi connectivity index (χ2v) is 6.95. The molecular weight excluding hydrogens is 268 g/mol. The molecule has 3 unspecified atom stereocenters. The van der Waals surface area contributed by atoms with Crippen LogP contribution in [0, 0.1) is 18.8 Å². The number of alkyl halides is 1. The zero-order valence-electron chi connectivity index (χ0n) is 7.68. The second-order valence-electron chi connectivity index (χ2n) is 3.84. The van der Waals surface area contributed by atoms with E-state index in [2.05, 4.69) is 35.8 Å². The molecule has 0 aromatic carbocycles. The average Bonchev–Trinajstić information content (AvgIpc) is 2.67. The first kappa shape index (κ1) is 10.0. The number of rotatable bonds is 2. The lowest BCUT2D eigenvalue weighted by atomic mass is 10.1. The highest BCUT2D eigenvalue weighted by Crippen LogP contribution is 2.51. The first-order valence-corrected chi connectivity index (χ1v) is 6.54. The fourth-order valence-corrected chi connectivity index (χ4v) is 4.12. The summed E-state index contributed by atoms with van der Waals surface area (Å²) in [6.07, 6.45) is 1.29. The molecule has 0 N–H and O–H groups in total. The predicted octanol–water partition coefficient (Wildman–Crippen LogP) is 4.75. The number of hydrogen-bond acceptors (Lipinski definition) is 1. The number of thiophene rings is 1. The van der Waals surface area contributed by atoms with Crippen molar-refractivity contribution in [3.63, 3.8) is 0 Å². The summed E-state index contributed by atoms with van der Waals surface area (Å²) in [6, 6.07) is 2.17. The molecule has 0 nitrogen and oxygen atoms in total. The maximum Gasteiger partial charge on any atom is 0.0704 e. The van der Waals surface area contributed by atoms with Crippen molar-refractivity contribution in [3.05, 3.63) is 20.3 Å². The molecule has 1 fully saturated rings. The molecule has 1 saturated carbocycles. The van der Waals surface area contributed by atoms with Gasteiger partial charge in [0, 0.05) is 4.88 Å². The SMILES string of the molecule is Cc1sc(Br)cc1C(Cl)C1CC1C. The van der Waals surface area contributed by atoms with Crippen molar-refractivity contribution in [3.8, 4) is 0 Å². The minimum Gasteiger partial charge on any atom is -0.133 e. The summed E-state index contributed by atoms with van der Waals surface area (Å²) in [6.45, 7) is 4.42. The molecule has 1 aliphatic carbocycles. The first-order chi connectivity index (χ1) is 6.09. The van der Waals surface area contributed by atoms with Crippen LogP contribution >= 0.6 is 38.9 Å². The molecule has 1 heterocycles. The van der Waals surface area contributed by atoms with Crippen LogP contribution in [0.1, 0.15) is 29.2 Å². The van der Waals surface area contributed by atoms with E-state index < -0.39 is 0 Å². The third kappa shape index (κ3) is 1.95. The highest BCUT2D eigenvalue weighted by Gasteiger charge is 2.40. The van der Waals surface area contributed by atoms with Crippen LogP contribution < -0.4 is 0 Å². The average molecular weight is 280 g/mol. The van der Waals surface area contributed by atoms with Crippen LogP contribution in [0.15, 0.2) is 9.85 Å². The van der Waals surface area contributed by atoms with E-state index in [9.17, 15) is 0 Å². The largest absolute Gasteiger partial charge is 0.133 e. The molecule has 0 amide bonds. The summed E-state index contributed by atoms with van der Waals surface area (Å²) >= 11 is 11.7. The van der Waals surface area contributed by atoms with Crippen molar-refractivity contribution in [2.24, 2.45) is 11.8 Å². The van der Waals surface area contributed by atoms with Crippen LogP contribution in [0.3, 0.4) is 0 Å². The quantitative estimate of drug-likeness (QED) is 0.685. The summed E-state index contributed by atoms with van der Waals surface area (Å²) in [7, 11) is 0. The normalized spacial score (nSPS) is 28.9. The van der Waals surface area contributed by atoms with Gasteiger partial charge in [0.2, 0.25) is 0 Å². The molecule has 1 aliphatic rings. The lowest BCUT2D eigenvalue weighted by molar-refractivity contribution is 0.721. The van der Waals surface area contributed by atoms with Gasteiger partial charge in [0.05, 0.1) is 9.16 Å². The van der Waals surface area contributed by atoms with E-state index in [0.29, 0.717) is 5.92 Å². The fraction of sp³-hybridized carbons (Fsp3) is 0.600. The molecule has 0 radical (unpaired) electrons. The third-order valence-electron chi connectivity index (χ3n) is 2.77. The number of hydrogen-bond donors (Lipinski definition) is 0. The van der Waals surface area contributed by atoms with Crippen LogP contribution in [0.4, 0.5) is 0 Å². The molecule has 13 heavy (non-hydrogen) atoms. The summed E-state index contributed by atoms with van der Waals surface area (Å²) in [5.74, 6) is 1.53. The van der Waals surface area contributed by atoms with Gasteiger partial charge in [0.15, 0.2) is 0 Å². The topological polar surface area (TPSA) is 0 Å². The minimum absolute atomic E-state index is 0.234. The van der Waals surface area contributed by atoms with Crippen molar-refractivity contribution in [2.75, 3.05) is 0 Å². The van der Waals surface area contributed by atoms with Crippen LogP contribution in [-0.2, 0) is 0 Å². The minimum atomic E-state index is 0.234. The Morgan fingerprint density at radius 1 is 1.69 bits per heavy atom.